The van der Waals surface area contributed by atoms with Gasteiger partial charge in [-0.05, 0) is 184 Å². The van der Waals surface area contributed by atoms with E-state index in [1.54, 1.807) is 19.1 Å². The lowest BCUT2D eigenvalue weighted by Crippen LogP contribution is -3.00. The van der Waals surface area contributed by atoms with Crippen LogP contribution < -0.4 is 28.6 Å². The van der Waals surface area contributed by atoms with Crippen molar-refractivity contribution in [2.45, 2.75) is 120 Å². The molecule has 632 valence electrons. The first-order valence-corrected chi connectivity index (χ1v) is 41.0. The van der Waals surface area contributed by atoms with E-state index < -0.39 is 31.4 Å². The molecule has 0 atom stereocenters. The van der Waals surface area contributed by atoms with Crippen molar-refractivity contribution in [2.24, 2.45) is 0 Å². The largest absolute Gasteiger partial charge is 1.00 e. The van der Waals surface area contributed by atoms with Gasteiger partial charge in [-0.2, -0.15) is 4.58 Å². The number of nitrogens with zero attached hydrogens (tertiary/aromatic N) is 3. The van der Waals surface area contributed by atoms with E-state index in [-0.39, 0.29) is 67.1 Å². The van der Waals surface area contributed by atoms with Crippen molar-refractivity contribution < 1.29 is 66.7 Å². The van der Waals surface area contributed by atoms with Gasteiger partial charge in [0.1, 0.15) is 37.9 Å². The minimum absolute atomic E-state index is 0. The summed E-state index contributed by atoms with van der Waals surface area (Å²) in [5, 5.41) is 0.787. The zero-order valence-electron chi connectivity index (χ0n) is 70.1. The van der Waals surface area contributed by atoms with Gasteiger partial charge in [0.2, 0.25) is 17.1 Å². The molecule has 1 fully saturated rings. The fraction of sp³-hybridized carbons (Fsp3) is 0.238. The molecule has 10 aromatic carbocycles. The molecule has 0 N–H and O–H groups in total. The molecule has 0 amide bonds. The molecule has 2 aliphatic heterocycles. The number of carbonyl (C=O) groups excluding carboxylic acids is 4. The molecule has 0 unspecified atom stereocenters. The first kappa shape index (κ1) is 96.0. The van der Waals surface area contributed by atoms with Gasteiger partial charge in [0, 0.05) is 106 Å². The Morgan fingerprint density at radius 1 is 0.504 bits per heavy atom. The molecule has 1 aliphatic carbocycles. The van der Waals surface area contributed by atoms with Gasteiger partial charge < -0.3 is 42.9 Å². The third kappa shape index (κ3) is 25.2. The number of carbonyl (C=O) groups is 4. The number of esters is 4. The Hall–Kier alpha value is -12.2. The van der Waals surface area contributed by atoms with E-state index in [0.29, 0.717) is 22.6 Å². The summed E-state index contributed by atoms with van der Waals surface area (Å²) in [5.41, 5.74) is 18.8. The number of hydrogen-bond donors (Lipinski definition) is 0. The zero-order chi connectivity index (χ0) is 85.8. The maximum Gasteiger partial charge on any atom is 0.762 e. The summed E-state index contributed by atoms with van der Waals surface area (Å²) in [6.07, 6.45) is 13.8. The average Bonchev–Trinajstić information content (AvgIpc) is 1.59. The van der Waals surface area contributed by atoms with Crippen LogP contribution in [0.25, 0.3) is 0 Å². The van der Waals surface area contributed by atoms with Gasteiger partial charge in [-0.15, -0.1) is 0 Å². The van der Waals surface area contributed by atoms with Gasteiger partial charge >= 0.3 is 31.4 Å². The van der Waals surface area contributed by atoms with E-state index in [4.69, 9.17) is 30.5 Å². The summed E-state index contributed by atoms with van der Waals surface area (Å²) in [5.74, 6) is -0.459. The van der Waals surface area contributed by atoms with Gasteiger partial charge in [0.15, 0.2) is 14.7 Å². The van der Waals surface area contributed by atoms with Crippen molar-refractivity contribution in [1.82, 2.24) is 4.58 Å². The van der Waals surface area contributed by atoms with Crippen LogP contribution in [0.2, 0.25) is 5.02 Å². The number of aryl methyl sites for hydroxylation is 2. The zero-order valence-corrected chi connectivity index (χ0v) is 71.7. The highest BCUT2D eigenvalue weighted by atomic mass is 35.5. The number of fused-ring (bicyclic) bond motifs is 2. The van der Waals surface area contributed by atoms with Crippen molar-refractivity contribution in [3.8, 4) is 11.5 Å². The van der Waals surface area contributed by atoms with Crippen LogP contribution in [0.3, 0.4) is 0 Å². The number of allylic oxidation sites excluding steroid dienone is 8. The number of para-hydroxylation sites is 2. The highest BCUT2D eigenvalue weighted by molar-refractivity contribution is 7.97. The Labute approximate surface area is 721 Å². The fourth-order valence-electron chi connectivity index (χ4n) is 14.5. The van der Waals surface area contributed by atoms with Crippen LogP contribution in [0.4, 0.5) is 35.7 Å². The summed E-state index contributed by atoms with van der Waals surface area (Å²) in [4.78, 5) is 53.6. The lowest BCUT2D eigenvalue weighted by atomic mass is 9.78. The minimum Gasteiger partial charge on any atom is -1.00 e. The number of hydrogen-bond acceptors (Lipinski definition) is 12. The summed E-state index contributed by atoms with van der Waals surface area (Å²) in [6, 6.07) is 87.4. The standard InChI is InChI=1S/C46H49ClN3.C25H28O6.C18H15S.C11H12O4.CH4.BF3.FH.H2/c1-8-48-40-26-20-32(3)30-38(40)45(4,5)42(48)28-23-33-21-22-34(44(33)50(36-16-12-10-13-17-36)37-18-14-11-15-19-37)24-29-43-46(6,7)39-31-35(47)25-27-41(39)49(43)9-2;1-5-23(26)30-17-15-28-21-11-7-19(8-12-21)25(3,4)20-9-13-22(14-10-20)29-16-18-31-24(27)6-2;1-4-10-16(11-5-1)19(17-12-6-2-7-13-17)18-14-8-3-9-15-18;1-7-4-8(10(12)14-2)6-9(5-7)11(13)15-3;;2-1(3)4;;/h10-20,23-31H,8-9,21-22H2,1-7H3;5-14H,1-2,15-18H2,3-4H3;1-15H;4-6H,1-3H3;1H4;;2*1H/q+1;;+1;;;;;/p-1/i;;;;;;;1+1. The van der Waals surface area contributed by atoms with Crippen LogP contribution >= 0.6 is 11.6 Å². The van der Waals surface area contributed by atoms with Gasteiger partial charge in [-0.25, -0.2) is 19.2 Å². The second kappa shape index (κ2) is 45.8. The van der Waals surface area contributed by atoms with E-state index in [0.717, 1.165) is 71.2 Å². The highest BCUT2D eigenvalue weighted by Crippen LogP contribution is 2.50. The molecule has 3 aliphatic rings. The number of likely N-dealkylation sites (N-methyl/N-ethyl adjacent to an activating group) is 2. The molecule has 0 bridgehead atoms. The predicted octanol–water partition coefficient (Wildman–Crippen LogP) is 21.3. The van der Waals surface area contributed by atoms with E-state index >= 15 is 0 Å². The Bertz CT molecular complexity index is 4940. The highest BCUT2D eigenvalue weighted by Gasteiger charge is 2.42. The van der Waals surface area contributed by atoms with Crippen molar-refractivity contribution >= 4 is 82.4 Å². The van der Waals surface area contributed by atoms with Crippen LogP contribution in [-0.2, 0) is 55.7 Å². The predicted molar refractivity (Wildman–Crippen MR) is 487 cm³/mol. The number of rotatable bonds is 23. The maximum atomic E-state index is 11.3. The summed E-state index contributed by atoms with van der Waals surface area (Å²) < 4.78 is 61.6. The van der Waals surface area contributed by atoms with Gasteiger partial charge in [-0.1, -0.05) is 219 Å². The Balaban J connectivity index is 0.000000272. The van der Waals surface area contributed by atoms with Crippen LogP contribution in [0, 0.1) is 13.8 Å². The van der Waals surface area contributed by atoms with Crippen LogP contribution in [-0.4, -0.2) is 90.9 Å². The molecular weight excluding hydrogens is 1570 g/mol. The fourth-order valence-corrected chi connectivity index (χ4v) is 16.8. The summed E-state index contributed by atoms with van der Waals surface area (Å²) in [7, 11) is -1.09. The first-order valence-electron chi connectivity index (χ1n) is 39.4. The van der Waals surface area contributed by atoms with Crippen molar-refractivity contribution in [3.05, 3.63) is 376 Å². The third-order valence-electron chi connectivity index (χ3n) is 20.5. The molecule has 1 saturated carbocycles. The van der Waals surface area contributed by atoms with Crippen LogP contribution in [0.15, 0.2) is 342 Å². The van der Waals surface area contributed by atoms with Crippen molar-refractivity contribution in [2.75, 3.05) is 63.5 Å². The number of anilines is 2. The molecule has 13 rings (SSSR count). The second-order valence-electron chi connectivity index (χ2n) is 29.4. The lowest BCUT2D eigenvalue weighted by Gasteiger charge is -2.26. The van der Waals surface area contributed by atoms with Crippen LogP contribution in [0.5, 0.6) is 11.5 Å². The molecular formula is C101H110BClF4N3O10S+. The second-order valence-corrected chi connectivity index (χ2v) is 31.9. The van der Waals surface area contributed by atoms with Crippen molar-refractivity contribution in [3.63, 3.8) is 0 Å². The first-order chi connectivity index (χ1) is 57.2. The van der Waals surface area contributed by atoms with Gasteiger partial charge in [0.25, 0.3) is 0 Å². The minimum atomic E-state index is -3.67. The summed E-state index contributed by atoms with van der Waals surface area (Å²) in [6.45, 7) is 31.6. The summed E-state index contributed by atoms with van der Waals surface area (Å²) >= 11 is 6.53. The van der Waals surface area contributed by atoms with E-state index in [2.05, 4.69) is 306 Å². The number of ether oxygens (including phenoxy) is 6. The smallest absolute Gasteiger partial charge is 0.762 e. The van der Waals surface area contributed by atoms with E-state index in [9.17, 15) is 32.1 Å². The number of benzene rings is 10. The molecule has 13 nitrogen and oxygen atoms in total. The van der Waals surface area contributed by atoms with Gasteiger partial charge in [0.05, 0.1) is 36.2 Å². The number of methoxy groups -OCH3 is 2. The quantitative estimate of drug-likeness (QED) is 0.00882. The Morgan fingerprint density at radius 3 is 1.21 bits per heavy atom. The molecule has 121 heavy (non-hydrogen) atoms. The van der Waals surface area contributed by atoms with E-state index in [1.807, 2.05) is 54.6 Å². The Kier molecular flexibility index (Phi) is 36.3. The monoisotopic (exact) mass is 1680 g/mol. The topological polar surface area (TPSA) is 133 Å². The molecule has 0 radical (unpaired) electrons. The maximum absolute atomic E-state index is 11.3. The molecule has 2 heterocycles. The van der Waals surface area contributed by atoms with Gasteiger partial charge in [-0.3, -0.25) is 12.9 Å². The molecule has 20 heteroatoms. The van der Waals surface area contributed by atoms with Crippen LogP contribution in [0.1, 0.15) is 131 Å². The average molecular weight is 1680 g/mol. The molecule has 10 aromatic rings. The Morgan fingerprint density at radius 2 is 0.860 bits per heavy atom. The lowest BCUT2D eigenvalue weighted by molar-refractivity contribution is -0.139. The van der Waals surface area contributed by atoms with E-state index in [1.165, 1.54) is 91.3 Å². The van der Waals surface area contributed by atoms with Crippen molar-refractivity contribution in [1.29, 1.82) is 0 Å². The molecule has 0 spiro atoms. The SMILES string of the molecule is C.C=CC(=O)OCCOc1ccc(C(C)(C)c2ccc(OCCOC(=O)C=C)cc2)cc1.CCN1C(=CC=C2CC/C(=C\C=C3\N(CC)c4ccc(C)cc4C3(C)C)C2=[N+](c2ccccc2)c2ccccc2)C(C)(C)c2cc(Cl)ccc21.COC(=O)c1cc(C)cc(C(=O)OC)c1.FB(F)F.[2HH].[F-].c1ccc([S+](c2ccccc2)c2ccccc2)cc1. The molecule has 0 saturated heterocycles. The molecule has 0 aromatic heterocycles. The normalized spacial score (nSPS) is 14.4. The third-order valence-corrected chi connectivity index (χ3v) is 22.9. The number of halogens is 5.